The number of nitrogens with two attached hydrogens (primary N) is 1. The third kappa shape index (κ3) is 2.22. The van der Waals surface area contributed by atoms with E-state index in [9.17, 15) is 13.2 Å². The van der Waals surface area contributed by atoms with E-state index < -0.39 is 18.0 Å². The molecule has 0 aliphatic carbocycles. The summed E-state index contributed by atoms with van der Waals surface area (Å²) in [7, 11) is 0. The van der Waals surface area contributed by atoms with Gasteiger partial charge < -0.3 is 10.3 Å². The van der Waals surface area contributed by atoms with Crippen molar-refractivity contribution in [3.05, 3.63) is 11.7 Å². The van der Waals surface area contributed by atoms with Crippen LogP contribution in [0.25, 0.3) is 0 Å². The standard InChI is InChI=1S/C7H10F3N3O/c1-3(2)4(11)5-12-6(13-14-5)7(8,9)10/h3-4H,11H2,1-2H3/t4-/m1/s1. The minimum absolute atomic E-state index is 0.0588. The summed E-state index contributed by atoms with van der Waals surface area (Å²) in [6, 6.07) is -0.668. The van der Waals surface area contributed by atoms with Crippen LogP contribution in [0.15, 0.2) is 4.52 Å². The molecule has 7 heteroatoms. The van der Waals surface area contributed by atoms with Crippen molar-refractivity contribution < 1.29 is 17.7 Å². The minimum Gasteiger partial charge on any atom is -0.337 e. The van der Waals surface area contributed by atoms with Crippen LogP contribution in [0.2, 0.25) is 0 Å². The van der Waals surface area contributed by atoms with E-state index in [-0.39, 0.29) is 11.8 Å². The number of aromatic nitrogens is 2. The Labute approximate surface area is 78.3 Å². The first-order chi connectivity index (χ1) is 6.32. The molecule has 2 N–H and O–H groups in total. The lowest BCUT2D eigenvalue weighted by molar-refractivity contribution is -0.146. The van der Waals surface area contributed by atoms with Crippen molar-refractivity contribution in [2.75, 3.05) is 0 Å². The molecule has 1 rings (SSSR count). The van der Waals surface area contributed by atoms with Gasteiger partial charge in [-0.2, -0.15) is 18.2 Å². The predicted molar refractivity (Wildman–Crippen MR) is 41.1 cm³/mol. The highest BCUT2D eigenvalue weighted by Crippen LogP contribution is 2.28. The molecule has 0 aromatic carbocycles. The maximum Gasteiger partial charge on any atom is 0.455 e. The van der Waals surface area contributed by atoms with E-state index >= 15 is 0 Å². The van der Waals surface area contributed by atoms with Crippen molar-refractivity contribution >= 4 is 0 Å². The quantitative estimate of drug-likeness (QED) is 0.805. The van der Waals surface area contributed by atoms with E-state index in [2.05, 4.69) is 14.7 Å². The molecule has 0 saturated heterocycles. The summed E-state index contributed by atoms with van der Waals surface area (Å²) in [6.45, 7) is 3.50. The Bertz CT molecular complexity index is 307. The van der Waals surface area contributed by atoms with Gasteiger partial charge in [-0.1, -0.05) is 19.0 Å². The summed E-state index contributed by atoms with van der Waals surface area (Å²) in [5.41, 5.74) is 5.53. The first kappa shape index (κ1) is 11.0. The fourth-order valence-electron chi connectivity index (χ4n) is 0.771. The van der Waals surface area contributed by atoms with Crippen molar-refractivity contribution in [3.63, 3.8) is 0 Å². The largest absolute Gasteiger partial charge is 0.455 e. The average Bonchev–Trinajstić information content (AvgIpc) is 2.49. The number of nitrogens with zero attached hydrogens (tertiary/aromatic N) is 2. The van der Waals surface area contributed by atoms with Gasteiger partial charge >= 0.3 is 6.18 Å². The molecule has 0 fully saturated rings. The molecule has 0 aliphatic heterocycles. The number of hydrogen-bond acceptors (Lipinski definition) is 4. The fraction of sp³-hybridized carbons (Fsp3) is 0.714. The molecule has 1 aromatic heterocycles. The van der Waals surface area contributed by atoms with Crippen molar-refractivity contribution in [2.45, 2.75) is 26.1 Å². The molecule has 1 heterocycles. The summed E-state index contributed by atoms with van der Waals surface area (Å²) in [5.74, 6) is -1.53. The Morgan fingerprint density at radius 1 is 1.36 bits per heavy atom. The maximum absolute atomic E-state index is 12.0. The lowest BCUT2D eigenvalue weighted by atomic mass is 10.1. The number of alkyl halides is 3. The molecule has 0 radical (unpaired) electrons. The lowest BCUT2D eigenvalue weighted by Gasteiger charge is -2.09. The van der Waals surface area contributed by atoms with Crippen molar-refractivity contribution in [1.29, 1.82) is 0 Å². The second kappa shape index (κ2) is 3.56. The zero-order chi connectivity index (χ0) is 10.9. The summed E-state index contributed by atoms with van der Waals surface area (Å²) in [4.78, 5) is 3.17. The van der Waals surface area contributed by atoms with Gasteiger partial charge in [0.1, 0.15) is 0 Å². The Morgan fingerprint density at radius 3 is 2.29 bits per heavy atom. The number of rotatable bonds is 2. The molecular formula is C7H10F3N3O. The van der Waals surface area contributed by atoms with Crippen LogP contribution in [0.3, 0.4) is 0 Å². The van der Waals surface area contributed by atoms with E-state index in [1.54, 1.807) is 13.8 Å². The van der Waals surface area contributed by atoms with Crippen LogP contribution in [0, 0.1) is 5.92 Å². The third-order valence-electron chi connectivity index (χ3n) is 1.70. The monoisotopic (exact) mass is 209 g/mol. The van der Waals surface area contributed by atoms with Crippen LogP contribution in [-0.4, -0.2) is 10.1 Å². The first-order valence-corrected chi connectivity index (χ1v) is 3.98. The molecule has 0 amide bonds. The van der Waals surface area contributed by atoms with E-state index in [1.807, 2.05) is 0 Å². The molecule has 0 unspecified atom stereocenters. The van der Waals surface area contributed by atoms with E-state index in [0.717, 1.165) is 0 Å². The zero-order valence-corrected chi connectivity index (χ0v) is 7.67. The molecule has 0 saturated carbocycles. The van der Waals surface area contributed by atoms with Gasteiger partial charge in [-0.3, -0.25) is 0 Å². The molecular weight excluding hydrogens is 199 g/mol. The van der Waals surface area contributed by atoms with Crippen LogP contribution < -0.4 is 5.73 Å². The third-order valence-corrected chi connectivity index (χ3v) is 1.70. The minimum atomic E-state index is -4.58. The first-order valence-electron chi connectivity index (χ1n) is 3.98. The number of halogens is 3. The van der Waals surface area contributed by atoms with Gasteiger partial charge in [0.25, 0.3) is 5.82 Å². The molecule has 0 aliphatic rings. The van der Waals surface area contributed by atoms with Gasteiger partial charge in [0, 0.05) is 0 Å². The van der Waals surface area contributed by atoms with Crippen molar-refractivity contribution in [2.24, 2.45) is 11.7 Å². The van der Waals surface area contributed by atoms with Crippen LogP contribution in [-0.2, 0) is 6.18 Å². The second-order valence-corrected chi connectivity index (χ2v) is 3.22. The number of hydrogen-bond donors (Lipinski definition) is 1. The van der Waals surface area contributed by atoms with Gasteiger partial charge in [-0.15, -0.1) is 0 Å². The van der Waals surface area contributed by atoms with Gasteiger partial charge in [0.15, 0.2) is 0 Å². The van der Waals surface area contributed by atoms with Gasteiger partial charge in [0.2, 0.25) is 5.89 Å². The topological polar surface area (TPSA) is 64.9 Å². The predicted octanol–water partition coefficient (Wildman–Crippen LogP) is 1.74. The van der Waals surface area contributed by atoms with Crippen LogP contribution >= 0.6 is 0 Å². The van der Waals surface area contributed by atoms with E-state index in [0.29, 0.717) is 0 Å². The molecule has 4 nitrogen and oxygen atoms in total. The highest BCUT2D eigenvalue weighted by atomic mass is 19.4. The lowest BCUT2D eigenvalue weighted by Crippen LogP contribution is -2.17. The Morgan fingerprint density at radius 2 is 1.93 bits per heavy atom. The fourth-order valence-corrected chi connectivity index (χ4v) is 0.771. The maximum atomic E-state index is 12.0. The van der Waals surface area contributed by atoms with Crippen molar-refractivity contribution in [3.8, 4) is 0 Å². The summed E-state index contributed by atoms with van der Waals surface area (Å²) >= 11 is 0. The molecule has 14 heavy (non-hydrogen) atoms. The van der Waals surface area contributed by atoms with Crippen LogP contribution in [0.4, 0.5) is 13.2 Å². The summed E-state index contributed by atoms with van der Waals surface area (Å²) < 4.78 is 40.5. The van der Waals surface area contributed by atoms with Gasteiger partial charge in [-0.25, -0.2) is 0 Å². The highest BCUT2D eigenvalue weighted by molar-refractivity contribution is 4.95. The van der Waals surface area contributed by atoms with Gasteiger partial charge in [0.05, 0.1) is 6.04 Å². The molecule has 1 atom stereocenters. The van der Waals surface area contributed by atoms with Crippen LogP contribution in [0.5, 0.6) is 0 Å². The highest BCUT2D eigenvalue weighted by Gasteiger charge is 2.38. The molecule has 1 aromatic rings. The van der Waals surface area contributed by atoms with E-state index in [4.69, 9.17) is 5.73 Å². The van der Waals surface area contributed by atoms with Crippen LogP contribution in [0.1, 0.15) is 31.6 Å². The average molecular weight is 209 g/mol. The molecule has 0 spiro atoms. The zero-order valence-electron chi connectivity index (χ0n) is 7.67. The summed E-state index contributed by atoms with van der Waals surface area (Å²) in [5, 5.41) is 2.80. The normalized spacial score (nSPS) is 14.8. The summed E-state index contributed by atoms with van der Waals surface area (Å²) in [6.07, 6.45) is -4.58. The van der Waals surface area contributed by atoms with E-state index in [1.165, 1.54) is 0 Å². The second-order valence-electron chi connectivity index (χ2n) is 3.22. The Kier molecular flexibility index (Phi) is 2.79. The van der Waals surface area contributed by atoms with Gasteiger partial charge in [-0.05, 0) is 5.92 Å². The Hall–Kier alpha value is -1.11. The SMILES string of the molecule is CC(C)[C@@H](N)c1nc(C(F)(F)F)no1. The smallest absolute Gasteiger partial charge is 0.337 e. The van der Waals surface area contributed by atoms with Crippen molar-refractivity contribution in [1.82, 2.24) is 10.1 Å². The molecule has 80 valence electrons. The Balaban J connectivity index is 2.89. The molecule has 0 bridgehead atoms.